The van der Waals surface area contributed by atoms with Crippen molar-refractivity contribution in [3.8, 4) is 11.4 Å². The molecule has 0 N–H and O–H groups in total. The van der Waals surface area contributed by atoms with E-state index in [1.54, 1.807) is 25.1 Å². The first-order chi connectivity index (χ1) is 12.2. The molecule has 1 aliphatic rings. The molecule has 1 unspecified atom stereocenters. The third-order valence-electron chi connectivity index (χ3n) is 4.23. The molecule has 1 atom stereocenters. The van der Waals surface area contributed by atoms with Crippen LogP contribution < -0.4 is 4.74 Å². The number of rotatable bonds is 5. The number of ether oxygens (including phenoxy) is 1. The smallest absolute Gasteiger partial charge is 0.234 e. The molecule has 0 bridgehead atoms. The number of furan rings is 1. The molecule has 0 aliphatic carbocycles. The van der Waals surface area contributed by atoms with Gasteiger partial charge in [-0.05, 0) is 30.3 Å². The summed E-state index contributed by atoms with van der Waals surface area (Å²) in [6.07, 6.45) is 5.72. The van der Waals surface area contributed by atoms with Crippen LogP contribution in [-0.4, -0.2) is 28.2 Å². The van der Waals surface area contributed by atoms with E-state index in [9.17, 15) is 4.79 Å². The van der Waals surface area contributed by atoms with Gasteiger partial charge in [0.05, 0.1) is 25.7 Å². The highest BCUT2D eigenvalue weighted by molar-refractivity contribution is 8.00. The van der Waals surface area contributed by atoms with Crippen LogP contribution in [0.2, 0.25) is 0 Å². The van der Waals surface area contributed by atoms with E-state index in [1.807, 2.05) is 52.1 Å². The number of aromatic nitrogens is 1. The molecule has 4 rings (SSSR count). The molecular weight excluding hydrogens is 336 g/mol. The third-order valence-corrected chi connectivity index (χ3v) is 5.48. The van der Waals surface area contributed by atoms with Gasteiger partial charge in [0.1, 0.15) is 16.9 Å². The normalized spacial score (nSPS) is 17.2. The summed E-state index contributed by atoms with van der Waals surface area (Å²) in [6, 6.07) is 13.7. The highest BCUT2D eigenvalue weighted by atomic mass is 32.2. The fourth-order valence-electron chi connectivity index (χ4n) is 2.96. The number of thioether (sulfide) groups is 1. The second kappa shape index (κ2) is 6.72. The van der Waals surface area contributed by atoms with Gasteiger partial charge in [0.25, 0.3) is 0 Å². The molecule has 0 radical (unpaired) electrons. The maximum atomic E-state index is 12.3. The Balaban J connectivity index is 1.59. The minimum atomic E-state index is 0.00413. The van der Waals surface area contributed by atoms with Crippen LogP contribution in [0.4, 0.5) is 0 Å². The molecule has 3 heterocycles. The van der Waals surface area contributed by atoms with E-state index in [4.69, 9.17) is 9.15 Å². The summed E-state index contributed by atoms with van der Waals surface area (Å²) < 4.78 is 12.7. The van der Waals surface area contributed by atoms with Crippen LogP contribution in [0.5, 0.6) is 5.75 Å². The highest BCUT2D eigenvalue weighted by Crippen LogP contribution is 2.40. The number of methoxy groups -OCH3 is 1. The van der Waals surface area contributed by atoms with Crippen LogP contribution in [0.15, 0.2) is 65.5 Å². The second-order valence-electron chi connectivity index (χ2n) is 5.82. The van der Waals surface area contributed by atoms with Gasteiger partial charge in [-0.3, -0.25) is 4.79 Å². The van der Waals surface area contributed by atoms with Crippen molar-refractivity contribution in [3.05, 3.63) is 72.4 Å². The Morgan fingerprint density at radius 1 is 1.28 bits per heavy atom. The molecule has 6 heteroatoms. The van der Waals surface area contributed by atoms with Crippen molar-refractivity contribution in [2.45, 2.75) is 11.9 Å². The van der Waals surface area contributed by atoms with Gasteiger partial charge in [-0.1, -0.05) is 6.07 Å². The topological polar surface area (TPSA) is 47.6 Å². The van der Waals surface area contributed by atoms with Crippen molar-refractivity contribution >= 4 is 17.7 Å². The zero-order valence-electron chi connectivity index (χ0n) is 13.8. The van der Waals surface area contributed by atoms with Crippen molar-refractivity contribution in [1.82, 2.24) is 9.47 Å². The number of hydrogen-bond donors (Lipinski definition) is 0. The maximum absolute atomic E-state index is 12.3. The molecule has 1 fully saturated rings. The van der Waals surface area contributed by atoms with Crippen molar-refractivity contribution in [2.75, 3.05) is 12.9 Å². The Labute approximate surface area is 150 Å². The van der Waals surface area contributed by atoms with Gasteiger partial charge in [-0.25, -0.2) is 0 Å². The van der Waals surface area contributed by atoms with Crippen molar-refractivity contribution < 1.29 is 13.9 Å². The molecule has 25 heavy (non-hydrogen) atoms. The Morgan fingerprint density at radius 3 is 3.00 bits per heavy atom. The van der Waals surface area contributed by atoms with Crippen molar-refractivity contribution in [3.63, 3.8) is 0 Å². The molecule has 1 aliphatic heterocycles. The maximum Gasteiger partial charge on any atom is 0.234 e. The number of hydrogen-bond acceptors (Lipinski definition) is 4. The largest absolute Gasteiger partial charge is 0.497 e. The monoisotopic (exact) mass is 354 g/mol. The predicted molar refractivity (Wildman–Crippen MR) is 96.8 cm³/mol. The lowest BCUT2D eigenvalue weighted by atomic mass is 10.3. The molecule has 1 aromatic carbocycles. The summed E-state index contributed by atoms with van der Waals surface area (Å²) >= 11 is 1.65. The third kappa shape index (κ3) is 3.17. The highest BCUT2D eigenvalue weighted by Gasteiger charge is 2.33. The quantitative estimate of drug-likeness (QED) is 0.698. The van der Waals surface area contributed by atoms with E-state index in [0.717, 1.165) is 22.8 Å². The summed E-state index contributed by atoms with van der Waals surface area (Å²) in [5.41, 5.74) is 2.13. The second-order valence-corrected chi connectivity index (χ2v) is 6.89. The average Bonchev–Trinajstić information content (AvgIpc) is 3.38. The van der Waals surface area contributed by atoms with Gasteiger partial charge in [0.15, 0.2) is 0 Å². The van der Waals surface area contributed by atoms with E-state index in [0.29, 0.717) is 12.3 Å². The number of carbonyl (C=O) groups is 1. The lowest BCUT2D eigenvalue weighted by molar-refractivity contribution is -0.128. The lowest BCUT2D eigenvalue weighted by Crippen LogP contribution is -2.27. The van der Waals surface area contributed by atoms with E-state index in [2.05, 4.69) is 12.3 Å². The summed E-state index contributed by atoms with van der Waals surface area (Å²) in [5, 5.41) is 0.00413. The SMILES string of the molecule is COc1cccc(-n2ccc(C3SCC(=O)N3Cc3ccco3)c2)c1. The molecule has 128 valence electrons. The Hall–Kier alpha value is -2.60. The number of amides is 1. The van der Waals surface area contributed by atoms with Crippen molar-refractivity contribution in [1.29, 1.82) is 0 Å². The van der Waals surface area contributed by atoms with Crippen LogP contribution in [0.25, 0.3) is 5.69 Å². The molecule has 0 saturated carbocycles. The first kappa shape index (κ1) is 15.9. The van der Waals surface area contributed by atoms with Gasteiger partial charge in [-0.15, -0.1) is 11.8 Å². The fourth-order valence-corrected chi connectivity index (χ4v) is 4.13. The Kier molecular flexibility index (Phi) is 4.28. The van der Waals surface area contributed by atoms with Gasteiger partial charge < -0.3 is 18.6 Å². The Bertz CT molecular complexity index is 872. The van der Waals surface area contributed by atoms with Crippen molar-refractivity contribution in [2.24, 2.45) is 0 Å². The molecule has 2 aromatic heterocycles. The van der Waals surface area contributed by atoms with E-state index < -0.39 is 0 Å². The lowest BCUT2D eigenvalue weighted by Gasteiger charge is -2.22. The van der Waals surface area contributed by atoms with Crippen LogP contribution in [0, 0.1) is 0 Å². The molecule has 3 aromatic rings. The summed E-state index contributed by atoms with van der Waals surface area (Å²) in [7, 11) is 1.66. The summed E-state index contributed by atoms with van der Waals surface area (Å²) in [4.78, 5) is 14.2. The van der Waals surface area contributed by atoms with Crippen LogP contribution >= 0.6 is 11.8 Å². The van der Waals surface area contributed by atoms with Gasteiger partial charge >= 0.3 is 0 Å². The zero-order valence-corrected chi connectivity index (χ0v) is 14.6. The number of carbonyl (C=O) groups excluding carboxylic acids is 1. The predicted octanol–water partition coefficient (Wildman–Crippen LogP) is 3.85. The number of benzene rings is 1. The van der Waals surface area contributed by atoms with E-state index in [1.165, 1.54) is 0 Å². The number of nitrogens with zero attached hydrogens (tertiary/aromatic N) is 2. The average molecular weight is 354 g/mol. The molecule has 5 nitrogen and oxygen atoms in total. The van der Waals surface area contributed by atoms with Crippen LogP contribution in [0.3, 0.4) is 0 Å². The van der Waals surface area contributed by atoms with Crippen LogP contribution in [0.1, 0.15) is 16.7 Å². The van der Waals surface area contributed by atoms with E-state index in [-0.39, 0.29) is 11.3 Å². The van der Waals surface area contributed by atoms with Gasteiger partial charge in [-0.2, -0.15) is 0 Å². The summed E-state index contributed by atoms with van der Waals surface area (Å²) in [5.74, 6) is 2.25. The van der Waals surface area contributed by atoms with Crippen LogP contribution in [-0.2, 0) is 11.3 Å². The molecule has 1 amide bonds. The molecule has 0 spiro atoms. The summed E-state index contributed by atoms with van der Waals surface area (Å²) in [6.45, 7) is 0.494. The minimum Gasteiger partial charge on any atom is -0.497 e. The van der Waals surface area contributed by atoms with E-state index >= 15 is 0 Å². The molecule has 1 saturated heterocycles. The Morgan fingerprint density at radius 2 is 2.20 bits per heavy atom. The fraction of sp³-hybridized carbons (Fsp3) is 0.211. The van der Waals surface area contributed by atoms with Gasteiger partial charge in [0, 0.05) is 29.7 Å². The standard InChI is InChI=1S/C19H18N2O3S/c1-23-16-5-2-4-15(10-16)20-8-7-14(11-20)19-21(18(22)13-25-19)12-17-6-3-9-24-17/h2-11,19H,12-13H2,1H3. The van der Waals surface area contributed by atoms with Gasteiger partial charge in [0.2, 0.25) is 5.91 Å². The first-order valence-corrected chi connectivity index (χ1v) is 9.05. The minimum absolute atomic E-state index is 0.00413. The zero-order chi connectivity index (χ0) is 17.2. The molecular formula is C19H18N2O3S. The first-order valence-electron chi connectivity index (χ1n) is 8.00.